The van der Waals surface area contributed by atoms with Crippen LogP contribution in [-0.4, -0.2) is 23.9 Å². The molecule has 106 valence electrons. The number of hydrogen-bond donors (Lipinski definition) is 0. The number of aromatic nitrogens is 1. The molecule has 1 rings (SSSR count). The summed E-state index contributed by atoms with van der Waals surface area (Å²) in [4.78, 5) is 15.1. The topological polar surface area (TPSA) is 48.4 Å². The molecule has 0 atom stereocenters. The van der Waals surface area contributed by atoms with Crippen LogP contribution in [0.3, 0.4) is 0 Å². The summed E-state index contributed by atoms with van der Waals surface area (Å²) in [6.07, 6.45) is -3.60. The predicted octanol–water partition coefficient (Wildman–Crippen LogP) is 3.00. The first-order valence-corrected chi connectivity index (χ1v) is 6.37. The van der Waals surface area contributed by atoms with Crippen molar-refractivity contribution in [1.82, 2.24) is 4.98 Å². The molecule has 1 aromatic heterocycles. The van der Waals surface area contributed by atoms with Crippen LogP contribution in [-0.2, 0) is 16.0 Å². The molecular weight excluding hydrogens is 378 g/mol. The fourth-order valence-corrected chi connectivity index (χ4v) is 2.15. The molecule has 8 heteroatoms. The van der Waals surface area contributed by atoms with Gasteiger partial charge in [0.2, 0.25) is 0 Å². The predicted molar refractivity (Wildman–Crippen MR) is 68.7 cm³/mol. The van der Waals surface area contributed by atoms with Crippen molar-refractivity contribution in [3.05, 3.63) is 21.0 Å². The first-order chi connectivity index (χ1) is 8.74. The number of halogens is 4. The van der Waals surface area contributed by atoms with E-state index in [-0.39, 0.29) is 28.0 Å². The molecule has 0 bridgehead atoms. The highest BCUT2D eigenvalue weighted by Gasteiger charge is 2.33. The van der Waals surface area contributed by atoms with E-state index in [1.807, 2.05) is 0 Å². The van der Waals surface area contributed by atoms with Crippen molar-refractivity contribution in [1.29, 1.82) is 0 Å². The quantitative estimate of drug-likeness (QED) is 0.587. The number of rotatable bonds is 4. The lowest BCUT2D eigenvalue weighted by Gasteiger charge is -2.14. The Kier molecular flexibility index (Phi) is 5.39. The van der Waals surface area contributed by atoms with Crippen molar-refractivity contribution in [3.63, 3.8) is 0 Å². The molecule has 0 aromatic carbocycles. The van der Waals surface area contributed by atoms with E-state index in [9.17, 15) is 18.0 Å². The molecule has 0 N–H and O–H groups in total. The standard InChI is InChI=1S/C11H11F3INO3/c1-3-18-8(17)4-7-5-16-6(2)10(9(7)15)19-11(12,13)14/h5H,3-4H2,1-2H3. The normalized spacial score (nSPS) is 11.3. The number of carbonyl (C=O) groups excluding carboxylic acids is 1. The minimum atomic E-state index is -4.80. The summed E-state index contributed by atoms with van der Waals surface area (Å²) in [6.45, 7) is 3.26. The Morgan fingerprint density at radius 3 is 2.63 bits per heavy atom. The number of nitrogens with zero attached hydrogens (tertiary/aromatic N) is 1. The van der Waals surface area contributed by atoms with Gasteiger partial charge in [-0.25, -0.2) is 0 Å². The van der Waals surface area contributed by atoms with E-state index in [2.05, 4.69) is 9.72 Å². The fourth-order valence-electron chi connectivity index (χ4n) is 1.32. The zero-order valence-corrected chi connectivity index (χ0v) is 12.3. The molecule has 0 unspecified atom stereocenters. The van der Waals surface area contributed by atoms with Crippen LogP contribution >= 0.6 is 22.6 Å². The van der Waals surface area contributed by atoms with E-state index < -0.39 is 12.3 Å². The van der Waals surface area contributed by atoms with Crippen LogP contribution < -0.4 is 4.74 Å². The largest absolute Gasteiger partial charge is 0.573 e. The van der Waals surface area contributed by atoms with Crippen molar-refractivity contribution in [2.24, 2.45) is 0 Å². The second-order valence-electron chi connectivity index (χ2n) is 3.54. The van der Waals surface area contributed by atoms with Gasteiger partial charge >= 0.3 is 12.3 Å². The number of esters is 1. The molecule has 0 radical (unpaired) electrons. The van der Waals surface area contributed by atoms with Gasteiger partial charge < -0.3 is 9.47 Å². The summed E-state index contributed by atoms with van der Waals surface area (Å²) < 4.78 is 45.7. The SMILES string of the molecule is CCOC(=O)Cc1cnc(C)c(OC(F)(F)F)c1I. The van der Waals surface area contributed by atoms with E-state index in [4.69, 9.17) is 4.74 Å². The van der Waals surface area contributed by atoms with E-state index in [0.717, 1.165) is 0 Å². The zero-order valence-electron chi connectivity index (χ0n) is 10.2. The molecule has 0 aliphatic rings. The molecule has 4 nitrogen and oxygen atoms in total. The summed E-state index contributed by atoms with van der Waals surface area (Å²) in [6, 6.07) is 0. The Morgan fingerprint density at radius 2 is 2.11 bits per heavy atom. The van der Waals surface area contributed by atoms with Crippen molar-refractivity contribution >= 4 is 28.6 Å². The van der Waals surface area contributed by atoms with Crippen LogP contribution in [0.5, 0.6) is 5.75 Å². The van der Waals surface area contributed by atoms with Gasteiger partial charge in [-0.1, -0.05) is 0 Å². The Morgan fingerprint density at radius 1 is 1.47 bits per heavy atom. The third-order valence-corrected chi connectivity index (χ3v) is 3.26. The Labute approximate surface area is 121 Å². The second-order valence-corrected chi connectivity index (χ2v) is 4.62. The maximum Gasteiger partial charge on any atom is 0.573 e. The highest BCUT2D eigenvalue weighted by molar-refractivity contribution is 14.1. The van der Waals surface area contributed by atoms with E-state index in [1.54, 1.807) is 29.5 Å². The van der Waals surface area contributed by atoms with E-state index in [1.165, 1.54) is 13.1 Å². The number of carbonyl (C=O) groups is 1. The van der Waals surface area contributed by atoms with E-state index in [0.29, 0.717) is 5.56 Å². The number of hydrogen-bond acceptors (Lipinski definition) is 4. The van der Waals surface area contributed by atoms with Crippen molar-refractivity contribution in [2.75, 3.05) is 6.61 Å². The van der Waals surface area contributed by atoms with Crippen LogP contribution in [0.4, 0.5) is 13.2 Å². The molecule has 1 aromatic rings. The lowest BCUT2D eigenvalue weighted by Crippen LogP contribution is -2.20. The van der Waals surface area contributed by atoms with Gasteiger partial charge in [0.05, 0.1) is 22.3 Å². The molecule has 0 fully saturated rings. The molecule has 1 heterocycles. The average Bonchev–Trinajstić information content (AvgIpc) is 2.27. The van der Waals surface area contributed by atoms with Crippen LogP contribution in [0.25, 0.3) is 0 Å². The lowest BCUT2D eigenvalue weighted by atomic mass is 10.2. The maximum atomic E-state index is 12.3. The number of aryl methyl sites for hydroxylation is 1. The van der Waals surface area contributed by atoms with Crippen molar-refractivity contribution in [2.45, 2.75) is 26.6 Å². The van der Waals surface area contributed by atoms with Gasteiger partial charge in [-0.05, 0) is 42.0 Å². The Bertz CT molecular complexity index is 477. The van der Waals surface area contributed by atoms with Crippen LogP contribution in [0, 0.1) is 10.5 Å². The molecule has 0 aliphatic heterocycles. The van der Waals surface area contributed by atoms with Crippen molar-refractivity contribution < 1.29 is 27.4 Å². The molecule has 0 saturated carbocycles. The van der Waals surface area contributed by atoms with Gasteiger partial charge in [-0.3, -0.25) is 9.78 Å². The molecule has 19 heavy (non-hydrogen) atoms. The first kappa shape index (κ1) is 16.0. The number of ether oxygens (including phenoxy) is 2. The maximum absolute atomic E-state index is 12.3. The monoisotopic (exact) mass is 389 g/mol. The summed E-state index contributed by atoms with van der Waals surface area (Å²) >= 11 is 1.70. The molecule has 0 spiro atoms. The fraction of sp³-hybridized carbons (Fsp3) is 0.455. The molecular formula is C11H11F3INO3. The minimum Gasteiger partial charge on any atom is -0.466 e. The second kappa shape index (κ2) is 6.40. The minimum absolute atomic E-state index is 0.106. The van der Waals surface area contributed by atoms with Crippen LogP contribution in [0.2, 0.25) is 0 Å². The van der Waals surface area contributed by atoms with Gasteiger partial charge in [-0.15, -0.1) is 13.2 Å². The van der Waals surface area contributed by atoms with Gasteiger partial charge in [0, 0.05) is 6.20 Å². The highest BCUT2D eigenvalue weighted by atomic mass is 127. The average molecular weight is 389 g/mol. The van der Waals surface area contributed by atoms with Gasteiger partial charge in [0.25, 0.3) is 0 Å². The van der Waals surface area contributed by atoms with Gasteiger partial charge in [-0.2, -0.15) is 0 Å². The van der Waals surface area contributed by atoms with Crippen LogP contribution in [0.1, 0.15) is 18.2 Å². The Hall–Kier alpha value is -1.06. The van der Waals surface area contributed by atoms with Gasteiger partial charge in [0.1, 0.15) is 0 Å². The van der Waals surface area contributed by atoms with E-state index >= 15 is 0 Å². The Balaban J connectivity index is 3.03. The summed E-state index contributed by atoms with van der Waals surface area (Å²) in [5.41, 5.74) is 0.443. The number of pyridine rings is 1. The molecule has 0 aliphatic carbocycles. The molecule has 0 amide bonds. The zero-order chi connectivity index (χ0) is 14.6. The first-order valence-electron chi connectivity index (χ1n) is 5.30. The summed E-state index contributed by atoms with van der Waals surface area (Å²) in [5.74, 6) is -0.904. The lowest BCUT2D eigenvalue weighted by molar-refractivity contribution is -0.275. The third kappa shape index (κ3) is 4.84. The summed E-state index contributed by atoms with van der Waals surface area (Å²) in [5, 5.41) is 0. The molecule has 0 saturated heterocycles. The smallest absolute Gasteiger partial charge is 0.466 e. The van der Waals surface area contributed by atoms with Gasteiger partial charge in [0.15, 0.2) is 5.75 Å². The third-order valence-electron chi connectivity index (χ3n) is 2.08. The van der Waals surface area contributed by atoms with Crippen molar-refractivity contribution in [3.8, 4) is 5.75 Å². The highest BCUT2D eigenvalue weighted by Crippen LogP contribution is 2.32. The summed E-state index contributed by atoms with van der Waals surface area (Å²) in [7, 11) is 0. The number of alkyl halides is 3. The van der Waals surface area contributed by atoms with Crippen LogP contribution in [0.15, 0.2) is 6.20 Å².